The van der Waals surface area contributed by atoms with Crippen LogP contribution < -0.4 is 20.7 Å². The minimum absolute atomic E-state index is 0.0707. The minimum atomic E-state index is -4.85. The number of aliphatic carboxylic acids is 1. The average molecular weight is 632 g/mol. The molecule has 2 atom stereocenters. The van der Waals surface area contributed by atoms with Gasteiger partial charge in [-0.1, -0.05) is 12.1 Å². The van der Waals surface area contributed by atoms with Crippen LogP contribution in [0.25, 0.3) is 5.69 Å². The Morgan fingerprint density at radius 1 is 1.20 bits per heavy atom. The first-order chi connectivity index (χ1) is 21.4. The molecule has 45 heavy (non-hydrogen) atoms. The van der Waals surface area contributed by atoms with E-state index in [0.717, 1.165) is 0 Å². The lowest BCUT2D eigenvalue weighted by atomic mass is 9.76. The molecule has 5 rings (SSSR count). The molecule has 15 heteroatoms. The zero-order valence-electron chi connectivity index (χ0n) is 25.0. The molecule has 12 nitrogen and oxygen atoms in total. The quantitative estimate of drug-likeness (QED) is 0.280. The lowest BCUT2D eigenvalue weighted by molar-refractivity contribution is -0.198. The van der Waals surface area contributed by atoms with Gasteiger partial charge in [-0.3, -0.25) is 9.59 Å². The number of ether oxygens (including phenoxy) is 2. The molecule has 2 aliphatic heterocycles. The van der Waals surface area contributed by atoms with Crippen molar-refractivity contribution in [3.8, 4) is 11.6 Å². The summed E-state index contributed by atoms with van der Waals surface area (Å²) in [5, 5.41) is 16.8. The monoisotopic (exact) mass is 631 g/mol. The topological polar surface area (TPSA) is 158 Å². The predicted molar refractivity (Wildman–Crippen MR) is 157 cm³/mol. The number of hydrogen-bond donors (Lipinski definition) is 3. The van der Waals surface area contributed by atoms with Gasteiger partial charge in [0.15, 0.2) is 0 Å². The van der Waals surface area contributed by atoms with Crippen LogP contribution in [0.4, 0.5) is 24.9 Å². The number of halogens is 3. The molecule has 4 N–H and O–H groups in total. The summed E-state index contributed by atoms with van der Waals surface area (Å²) in [5.74, 6) is -1.54. The van der Waals surface area contributed by atoms with Gasteiger partial charge in [-0.25, -0.2) is 4.68 Å². The van der Waals surface area contributed by atoms with Crippen LogP contribution in [0.2, 0.25) is 0 Å². The van der Waals surface area contributed by atoms with Gasteiger partial charge in [-0.15, -0.1) is 0 Å². The maximum absolute atomic E-state index is 14.7. The predicted octanol–water partition coefficient (Wildman–Crippen LogP) is 3.76. The number of nitrogens with one attached hydrogen (secondary N) is 1. The average Bonchev–Trinajstić information content (AvgIpc) is 3.61. The second-order valence-electron chi connectivity index (χ2n) is 11.5. The highest BCUT2D eigenvalue weighted by molar-refractivity contribution is 5.74. The second-order valence-corrected chi connectivity index (χ2v) is 11.5. The largest absolute Gasteiger partial charge is 0.480 e. The van der Waals surface area contributed by atoms with Crippen molar-refractivity contribution in [3.63, 3.8) is 0 Å². The fraction of sp³-hybridized carbons (Fsp3) is 0.500. The zero-order chi connectivity index (χ0) is 32.4. The molecule has 2 unspecified atom stereocenters. The highest BCUT2D eigenvalue weighted by Crippen LogP contribution is 2.42. The fourth-order valence-electron chi connectivity index (χ4n) is 5.96. The van der Waals surface area contributed by atoms with E-state index in [2.05, 4.69) is 20.4 Å². The molecule has 3 aromatic rings. The number of alkyl halides is 3. The molecule has 2 aromatic heterocycles. The number of carboxylic acid groups (broad SMARTS) is 1. The van der Waals surface area contributed by atoms with Gasteiger partial charge in [0.2, 0.25) is 17.9 Å². The number of esters is 1. The normalized spacial score (nSPS) is 18.6. The number of aryl methyl sites for hydroxylation is 2. The number of nitrogen functional groups attached to an aromatic ring is 1. The number of anilines is 2. The number of carbonyl (C=O) groups excluding carboxylic acids is 1. The number of piperidine rings is 1. The van der Waals surface area contributed by atoms with Crippen molar-refractivity contribution in [3.05, 3.63) is 53.3 Å². The Labute approximate surface area is 257 Å². The van der Waals surface area contributed by atoms with Crippen molar-refractivity contribution in [2.45, 2.75) is 64.3 Å². The highest BCUT2D eigenvalue weighted by atomic mass is 19.4. The maximum atomic E-state index is 14.7. The summed E-state index contributed by atoms with van der Waals surface area (Å²) < 4.78 is 56.0. The molecule has 2 aliphatic rings. The molecule has 0 bridgehead atoms. The number of nitrogens with zero attached hydrogens (tertiary/aromatic N) is 5. The van der Waals surface area contributed by atoms with Gasteiger partial charge in [0.25, 0.3) is 0 Å². The Morgan fingerprint density at radius 3 is 2.58 bits per heavy atom. The van der Waals surface area contributed by atoms with E-state index in [1.165, 1.54) is 22.9 Å². The van der Waals surface area contributed by atoms with E-state index >= 15 is 0 Å². The lowest BCUT2D eigenvalue weighted by Gasteiger charge is -2.39. The van der Waals surface area contributed by atoms with Crippen molar-refractivity contribution < 1.29 is 37.3 Å². The van der Waals surface area contributed by atoms with E-state index in [-0.39, 0.29) is 47.9 Å². The number of carbonyl (C=O) groups is 2. The molecule has 0 amide bonds. The minimum Gasteiger partial charge on any atom is -0.480 e. The van der Waals surface area contributed by atoms with E-state index in [4.69, 9.17) is 15.2 Å². The van der Waals surface area contributed by atoms with Crippen molar-refractivity contribution in [2.75, 3.05) is 36.9 Å². The number of rotatable bonds is 10. The van der Waals surface area contributed by atoms with E-state index in [1.807, 2.05) is 4.90 Å². The molecule has 1 spiro atoms. The Bertz CT molecular complexity index is 1540. The number of nitrogens with two attached hydrogens (primary N) is 1. The third-order valence-corrected chi connectivity index (χ3v) is 8.32. The van der Waals surface area contributed by atoms with E-state index in [0.29, 0.717) is 56.0 Å². The molecular formula is C30H36F3N7O5. The van der Waals surface area contributed by atoms with Crippen LogP contribution >= 0.6 is 0 Å². The molecule has 0 saturated carbocycles. The maximum Gasteiger partial charge on any atom is 0.429 e. The first kappa shape index (κ1) is 32.0. The lowest BCUT2D eigenvalue weighted by Crippen LogP contribution is -2.41. The molecular weight excluding hydrogens is 595 g/mol. The number of hydrogen-bond acceptors (Lipinski definition) is 10. The Kier molecular flexibility index (Phi) is 9.18. The Morgan fingerprint density at radius 2 is 1.96 bits per heavy atom. The molecule has 1 aromatic carbocycles. The van der Waals surface area contributed by atoms with Crippen LogP contribution in [-0.2, 0) is 20.7 Å². The van der Waals surface area contributed by atoms with Crippen LogP contribution in [0.1, 0.15) is 55.5 Å². The van der Waals surface area contributed by atoms with Crippen molar-refractivity contribution in [1.82, 2.24) is 25.1 Å². The SMILES string of the molecule is CCOC(=O)CCc1ccc(C(Oc2cc(N3CCC4(CC3)CNC(C(=O)O)C4)nc(N)n2)C(F)(F)F)c(-n2ccc(C)n2)c1. The zero-order valence-corrected chi connectivity index (χ0v) is 25.0. The summed E-state index contributed by atoms with van der Waals surface area (Å²) in [5.41, 5.74) is 6.94. The molecule has 242 valence electrons. The number of benzene rings is 1. The molecule has 0 radical (unpaired) electrons. The smallest absolute Gasteiger partial charge is 0.429 e. The molecule has 0 aliphatic carbocycles. The van der Waals surface area contributed by atoms with Gasteiger partial charge >= 0.3 is 18.1 Å². The summed E-state index contributed by atoms with van der Waals surface area (Å²) in [6.07, 6.45) is -3.50. The van der Waals surface area contributed by atoms with Gasteiger partial charge in [0.05, 0.1) is 18.0 Å². The second kappa shape index (κ2) is 12.9. The number of aromatic nitrogens is 4. The molecule has 4 heterocycles. The summed E-state index contributed by atoms with van der Waals surface area (Å²) in [6.45, 7) is 5.28. The number of carboxylic acids is 1. The summed E-state index contributed by atoms with van der Waals surface area (Å²) in [4.78, 5) is 33.4. The standard InChI is InChI=1S/C30H36F3N7O5/c1-3-44-25(41)7-5-19-4-6-20(22(14-19)40-11-8-18(2)38-40)26(30(31,32)33)45-24-15-23(36-28(34)37-24)39-12-9-29(10-13-39)16-21(27(42)43)35-17-29/h4,6,8,11,14-15,21,26,35H,3,5,7,9-10,12-13,16-17H2,1-2H3,(H,42,43)(H2,34,36,37). The van der Waals surface area contributed by atoms with Gasteiger partial charge < -0.3 is 30.5 Å². The van der Waals surface area contributed by atoms with Gasteiger partial charge in [-0.05, 0) is 62.6 Å². The van der Waals surface area contributed by atoms with Crippen molar-refractivity contribution in [1.29, 1.82) is 0 Å². The fourth-order valence-corrected chi connectivity index (χ4v) is 5.96. The Balaban J connectivity index is 1.40. The first-order valence-corrected chi connectivity index (χ1v) is 14.8. The van der Waals surface area contributed by atoms with Crippen molar-refractivity contribution in [2.24, 2.45) is 5.41 Å². The van der Waals surface area contributed by atoms with Gasteiger partial charge in [0.1, 0.15) is 11.9 Å². The van der Waals surface area contributed by atoms with E-state index in [9.17, 15) is 27.9 Å². The summed E-state index contributed by atoms with van der Waals surface area (Å²) in [6, 6.07) is 6.81. The van der Waals surface area contributed by atoms with Crippen LogP contribution in [0.15, 0.2) is 36.5 Å². The Hall–Kier alpha value is -4.40. The van der Waals surface area contributed by atoms with Gasteiger partial charge in [0, 0.05) is 43.9 Å². The van der Waals surface area contributed by atoms with Gasteiger partial charge in [-0.2, -0.15) is 28.2 Å². The van der Waals surface area contributed by atoms with Crippen LogP contribution in [-0.4, -0.2) is 75.3 Å². The van der Waals surface area contributed by atoms with Crippen LogP contribution in [0.5, 0.6) is 5.88 Å². The first-order valence-electron chi connectivity index (χ1n) is 14.8. The van der Waals surface area contributed by atoms with E-state index in [1.54, 1.807) is 32.2 Å². The third kappa shape index (κ3) is 7.47. The van der Waals surface area contributed by atoms with Crippen LogP contribution in [0, 0.1) is 12.3 Å². The summed E-state index contributed by atoms with van der Waals surface area (Å²) in [7, 11) is 0. The van der Waals surface area contributed by atoms with Crippen molar-refractivity contribution >= 4 is 23.7 Å². The third-order valence-electron chi connectivity index (χ3n) is 8.32. The van der Waals surface area contributed by atoms with E-state index < -0.39 is 30.3 Å². The summed E-state index contributed by atoms with van der Waals surface area (Å²) >= 11 is 0. The molecule has 2 fully saturated rings. The van der Waals surface area contributed by atoms with Crippen LogP contribution in [0.3, 0.4) is 0 Å². The highest BCUT2D eigenvalue weighted by Gasteiger charge is 2.46. The molecule has 2 saturated heterocycles.